The van der Waals surface area contributed by atoms with E-state index in [4.69, 9.17) is 11.6 Å². The number of benzene rings is 2. The minimum atomic E-state index is -0.0397. The highest BCUT2D eigenvalue weighted by molar-refractivity contribution is 6.30. The fraction of sp³-hybridized carbons (Fsp3) is 0.176. The van der Waals surface area contributed by atoms with Crippen molar-refractivity contribution in [3.05, 3.63) is 70.2 Å². The summed E-state index contributed by atoms with van der Waals surface area (Å²) < 4.78 is 0. The van der Waals surface area contributed by atoms with Crippen LogP contribution >= 0.6 is 11.6 Å². The monoisotopic (exact) mass is 286 g/mol. The zero-order valence-corrected chi connectivity index (χ0v) is 12.0. The van der Waals surface area contributed by atoms with Crippen molar-refractivity contribution in [1.29, 1.82) is 0 Å². The first-order valence-electron chi connectivity index (χ1n) is 6.45. The molecule has 0 heterocycles. The van der Waals surface area contributed by atoms with E-state index in [1.165, 1.54) is 0 Å². The van der Waals surface area contributed by atoms with Gasteiger partial charge < -0.3 is 0 Å². The second-order valence-corrected chi connectivity index (χ2v) is 5.16. The van der Waals surface area contributed by atoms with E-state index >= 15 is 0 Å². The first kappa shape index (κ1) is 14.5. The van der Waals surface area contributed by atoms with Crippen molar-refractivity contribution in [3.8, 4) is 0 Å². The fourth-order valence-electron chi connectivity index (χ4n) is 1.89. The Hall–Kier alpha value is -1.93. The third-order valence-electron chi connectivity index (χ3n) is 3.12. The summed E-state index contributed by atoms with van der Waals surface area (Å²) in [7, 11) is 0. The van der Waals surface area contributed by atoms with Crippen LogP contribution in [0.15, 0.2) is 48.5 Å². The highest BCUT2D eigenvalue weighted by atomic mass is 35.5. The number of halogens is 1. The van der Waals surface area contributed by atoms with Crippen molar-refractivity contribution >= 4 is 23.2 Å². The normalized spacial score (nSPS) is 10.3. The molecule has 2 aromatic rings. The van der Waals surface area contributed by atoms with Gasteiger partial charge in [0, 0.05) is 29.0 Å². The summed E-state index contributed by atoms with van der Waals surface area (Å²) in [4.78, 5) is 23.9. The molecule has 3 heteroatoms. The quantitative estimate of drug-likeness (QED) is 0.759. The third-order valence-corrected chi connectivity index (χ3v) is 3.37. The second-order valence-electron chi connectivity index (χ2n) is 4.72. The van der Waals surface area contributed by atoms with E-state index in [2.05, 4.69) is 0 Å². The molecule has 0 spiro atoms. The minimum absolute atomic E-state index is 0.00712. The standard InChI is InChI=1S/C17H15ClO2/c1-12-2-4-13(5-3-12)16(19)10-11-17(20)14-6-8-15(18)9-7-14/h2-9H,10-11H2,1H3. The number of carbonyl (C=O) groups is 2. The lowest BCUT2D eigenvalue weighted by Crippen LogP contribution is -2.05. The van der Waals surface area contributed by atoms with Gasteiger partial charge in [0.2, 0.25) is 0 Å². The summed E-state index contributed by atoms with van der Waals surface area (Å²) in [5.74, 6) is -0.0468. The second kappa shape index (κ2) is 6.49. The Morgan fingerprint density at radius 3 is 1.65 bits per heavy atom. The van der Waals surface area contributed by atoms with Gasteiger partial charge in [-0.15, -0.1) is 0 Å². The molecule has 20 heavy (non-hydrogen) atoms. The van der Waals surface area contributed by atoms with Gasteiger partial charge in [-0.3, -0.25) is 9.59 Å². The summed E-state index contributed by atoms with van der Waals surface area (Å²) in [6.45, 7) is 1.97. The number of ketones is 2. The van der Waals surface area contributed by atoms with Crippen molar-refractivity contribution < 1.29 is 9.59 Å². The summed E-state index contributed by atoms with van der Waals surface area (Å²) in [5, 5.41) is 0.595. The number of Topliss-reactive ketones (excluding diaryl/α,β-unsaturated/α-hetero) is 2. The summed E-state index contributed by atoms with van der Waals surface area (Å²) in [6, 6.07) is 14.1. The fourth-order valence-corrected chi connectivity index (χ4v) is 2.02. The van der Waals surface area contributed by atoms with E-state index in [1.54, 1.807) is 36.4 Å². The Labute approximate surface area is 123 Å². The van der Waals surface area contributed by atoms with Crippen LogP contribution in [0.5, 0.6) is 0 Å². The molecule has 0 aliphatic heterocycles. The van der Waals surface area contributed by atoms with Gasteiger partial charge in [-0.25, -0.2) is 0 Å². The predicted octanol–water partition coefficient (Wildman–Crippen LogP) is 4.49. The first-order valence-corrected chi connectivity index (χ1v) is 6.83. The molecule has 2 nitrogen and oxygen atoms in total. The van der Waals surface area contributed by atoms with Crippen molar-refractivity contribution in [1.82, 2.24) is 0 Å². The molecule has 0 radical (unpaired) electrons. The molecule has 0 amide bonds. The Morgan fingerprint density at radius 1 is 0.800 bits per heavy atom. The lowest BCUT2D eigenvalue weighted by Gasteiger charge is -2.02. The Morgan fingerprint density at radius 2 is 1.20 bits per heavy atom. The maximum atomic E-state index is 12.0. The van der Waals surface area contributed by atoms with E-state index < -0.39 is 0 Å². The number of aryl methyl sites for hydroxylation is 1. The lowest BCUT2D eigenvalue weighted by atomic mass is 10.0. The third kappa shape index (κ3) is 3.78. The van der Waals surface area contributed by atoms with Gasteiger partial charge in [-0.2, -0.15) is 0 Å². The molecule has 0 saturated heterocycles. The highest BCUT2D eigenvalue weighted by Gasteiger charge is 2.10. The largest absolute Gasteiger partial charge is 0.294 e. The zero-order chi connectivity index (χ0) is 14.5. The van der Waals surface area contributed by atoms with Crippen LogP contribution in [0, 0.1) is 6.92 Å². The lowest BCUT2D eigenvalue weighted by molar-refractivity contribution is 0.0917. The van der Waals surface area contributed by atoms with Crippen molar-refractivity contribution in [2.75, 3.05) is 0 Å². The van der Waals surface area contributed by atoms with Gasteiger partial charge in [-0.1, -0.05) is 41.4 Å². The molecule has 0 aromatic heterocycles. The molecule has 102 valence electrons. The van der Waals surface area contributed by atoms with Crippen LogP contribution in [-0.2, 0) is 0 Å². The van der Waals surface area contributed by atoms with E-state index in [1.807, 2.05) is 19.1 Å². The van der Waals surface area contributed by atoms with Gasteiger partial charge in [0.05, 0.1) is 0 Å². The predicted molar refractivity (Wildman–Crippen MR) is 80.5 cm³/mol. The molecule has 0 fully saturated rings. The molecule has 0 bridgehead atoms. The summed E-state index contributed by atoms with van der Waals surface area (Å²) in [5.41, 5.74) is 2.35. The van der Waals surface area contributed by atoms with Crippen LogP contribution < -0.4 is 0 Å². The minimum Gasteiger partial charge on any atom is -0.294 e. The molecule has 0 saturated carbocycles. The zero-order valence-electron chi connectivity index (χ0n) is 11.2. The molecule has 2 rings (SSSR count). The molecule has 0 aliphatic carbocycles. The van der Waals surface area contributed by atoms with E-state index in [9.17, 15) is 9.59 Å². The summed E-state index contributed by atoms with van der Waals surface area (Å²) in [6.07, 6.45) is 0.443. The van der Waals surface area contributed by atoms with Crippen LogP contribution in [0.3, 0.4) is 0 Å². The van der Waals surface area contributed by atoms with Crippen molar-refractivity contribution in [2.45, 2.75) is 19.8 Å². The number of hydrogen-bond acceptors (Lipinski definition) is 2. The molecule has 0 N–H and O–H groups in total. The smallest absolute Gasteiger partial charge is 0.163 e. The Balaban J connectivity index is 1.94. The molecule has 2 aromatic carbocycles. The van der Waals surface area contributed by atoms with Crippen molar-refractivity contribution in [2.24, 2.45) is 0 Å². The van der Waals surface area contributed by atoms with Crippen LogP contribution in [0.1, 0.15) is 39.1 Å². The molecule has 0 unspecified atom stereocenters. The molecule has 0 aliphatic rings. The van der Waals surface area contributed by atoms with E-state index in [0.717, 1.165) is 5.56 Å². The average Bonchev–Trinajstić information content (AvgIpc) is 2.46. The van der Waals surface area contributed by atoms with Gasteiger partial charge in [0.25, 0.3) is 0 Å². The van der Waals surface area contributed by atoms with Crippen LogP contribution in [0.2, 0.25) is 5.02 Å². The maximum Gasteiger partial charge on any atom is 0.163 e. The first-order chi connectivity index (χ1) is 9.56. The Bertz CT molecular complexity index is 555. The van der Waals surface area contributed by atoms with Gasteiger partial charge in [0.15, 0.2) is 11.6 Å². The molecular weight excluding hydrogens is 272 g/mol. The van der Waals surface area contributed by atoms with Gasteiger partial charge in [0.1, 0.15) is 0 Å². The van der Waals surface area contributed by atoms with E-state index in [0.29, 0.717) is 16.1 Å². The van der Waals surface area contributed by atoms with E-state index in [-0.39, 0.29) is 24.4 Å². The summed E-state index contributed by atoms with van der Waals surface area (Å²) >= 11 is 5.77. The molecular formula is C17H15ClO2. The number of rotatable bonds is 5. The van der Waals surface area contributed by atoms with Crippen molar-refractivity contribution in [3.63, 3.8) is 0 Å². The molecule has 0 atom stereocenters. The number of hydrogen-bond donors (Lipinski definition) is 0. The average molecular weight is 287 g/mol. The van der Waals surface area contributed by atoms with Gasteiger partial charge >= 0.3 is 0 Å². The number of carbonyl (C=O) groups excluding carboxylic acids is 2. The Kier molecular flexibility index (Phi) is 4.70. The van der Waals surface area contributed by atoms with Gasteiger partial charge in [-0.05, 0) is 31.2 Å². The topological polar surface area (TPSA) is 34.1 Å². The van der Waals surface area contributed by atoms with Crippen LogP contribution in [-0.4, -0.2) is 11.6 Å². The van der Waals surface area contributed by atoms with Crippen LogP contribution in [0.4, 0.5) is 0 Å². The highest BCUT2D eigenvalue weighted by Crippen LogP contribution is 2.13. The van der Waals surface area contributed by atoms with Crippen LogP contribution in [0.25, 0.3) is 0 Å². The SMILES string of the molecule is Cc1ccc(C(=O)CCC(=O)c2ccc(Cl)cc2)cc1. The maximum absolute atomic E-state index is 12.0.